The van der Waals surface area contributed by atoms with Crippen molar-refractivity contribution in [2.24, 2.45) is 0 Å². The number of nitrogens with zero attached hydrogens (tertiary/aromatic N) is 2. The number of halogens is 1. The summed E-state index contributed by atoms with van der Waals surface area (Å²) >= 11 is 5.90. The van der Waals surface area contributed by atoms with E-state index in [2.05, 4.69) is 25.8 Å². The standard InChI is InChI=1S/C23H18ClN5O2/c24-15-4-3-6-17(12-15)26-22(30)14-23(31)27-18-7-9-19-20(28-29-21(19)13-18)10-8-16-5-1-2-11-25-16/h1-13H,14H2,(H,26,30)(H,27,31)(H,28,29)/b10-8+. The van der Waals surface area contributed by atoms with Crippen molar-refractivity contribution >= 4 is 57.8 Å². The Morgan fingerprint density at radius 2 is 1.74 bits per heavy atom. The first-order chi connectivity index (χ1) is 15.1. The molecule has 0 saturated carbocycles. The first-order valence-corrected chi connectivity index (χ1v) is 9.87. The number of hydrogen-bond acceptors (Lipinski definition) is 4. The molecular weight excluding hydrogens is 414 g/mol. The lowest BCUT2D eigenvalue weighted by Crippen LogP contribution is -2.21. The zero-order chi connectivity index (χ0) is 21.6. The highest BCUT2D eigenvalue weighted by atomic mass is 35.5. The molecule has 0 spiro atoms. The smallest absolute Gasteiger partial charge is 0.233 e. The van der Waals surface area contributed by atoms with Crippen LogP contribution < -0.4 is 10.6 Å². The van der Waals surface area contributed by atoms with Crippen LogP contribution in [0.5, 0.6) is 0 Å². The molecule has 7 nitrogen and oxygen atoms in total. The molecular formula is C23H18ClN5O2. The Hall–Kier alpha value is -3.97. The Bertz CT molecular complexity index is 1270. The van der Waals surface area contributed by atoms with E-state index in [-0.39, 0.29) is 6.42 Å². The van der Waals surface area contributed by atoms with Crippen LogP contribution in [0.1, 0.15) is 17.8 Å². The monoisotopic (exact) mass is 431 g/mol. The van der Waals surface area contributed by atoms with Crippen LogP contribution >= 0.6 is 11.6 Å². The van der Waals surface area contributed by atoms with E-state index >= 15 is 0 Å². The quantitative estimate of drug-likeness (QED) is 0.383. The zero-order valence-corrected chi connectivity index (χ0v) is 17.1. The molecule has 2 aromatic heterocycles. The van der Waals surface area contributed by atoms with Crippen molar-refractivity contribution in [1.82, 2.24) is 15.2 Å². The lowest BCUT2D eigenvalue weighted by Gasteiger charge is -2.07. The number of carbonyl (C=O) groups excluding carboxylic acids is 2. The number of aromatic amines is 1. The molecule has 0 aliphatic carbocycles. The van der Waals surface area contributed by atoms with Crippen molar-refractivity contribution in [3.8, 4) is 0 Å². The third-order valence-electron chi connectivity index (χ3n) is 4.41. The summed E-state index contributed by atoms with van der Waals surface area (Å²) in [5.74, 6) is -0.849. The maximum atomic E-state index is 12.2. The first-order valence-electron chi connectivity index (χ1n) is 9.49. The average Bonchev–Trinajstić information content (AvgIpc) is 3.15. The minimum Gasteiger partial charge on any atom is -0.326 e. The second-order valence-electron chi connectivity index (χ2n) is 6.74. The topological polar surface area (TPSA) is 99.8 Å². The van der Waals surface area contributed by atoms with Crippen LogP contribution in [0, 0.1) is 0 Å². The van der Waals surface area contributed by atoms with Crippen LogP contribution in [0.2, 0.25) is 5.02 Å². The lowest BCUT2D eigenvalue weighted by atomic mass is 10.1. The molecule has 31 heavy (non-hydrogen) atoms. The number of amides is 2. The highest BCUT2D eigenvalue weighted by Crippen LogP contribution is 2.22. The summed E-state index contributed by atoms with van der Waals surface area (Å²) in [6, 6.07) is 17.8. The summed E-state index contributed by atoms with van der Waals surface area (Å²) in [7, 11) is 0. The molecule has 0 aliphatic rings. The Morgan fingerprint density at radius 1 is 0.935 bits per heavy atom. The second kappa shape index (κ2) is 9.23. The van der Waals surface area contributed by atoms with Gasteiger partial charge in [-0.1, -0.05) is 23.7 Å². The van der Waals surface area contributed by atoms with Crippen molar-refractivity contribution < 1.29 is 9.59 Å². The van der Waals surface area contributed by atoms with E-state index in [4.69, 9.17) is 11.6 Å². The van der Waals surface area contributed by atoms with E-state index in [1.807, 2.05) is 36.4 Å². The molecule has 4 rings (SSSR count). The summed E-state index contributed by atoms with van der Waals surface area (Å²) in [6.07, 6.45) is 5.17. The third kappa shape index (κ3) is 5.34. The number of anilines is 2. The molecule has 154 valence electrons. The molecule has 0 unspecified atom stereocenters. The van der Waals surface area contributed by atoms with Crippen LogP contribution in [0.15, 0.2) is 66.9 Å². The van der Waals surface area contributed by atoms with Gasteiger partial charge in [0.1, 0.15) is 6.42 Å². The van der Waals surface area contributed by atoms with Crippen molar-refractivity contribution in [1.29, 1.82) is 0 Å². The fraction of sp³-hybridized carbons (Fsp3) is 0.0435. The predicted octanol–water partition coefficient (Wildman–Crippen LogP) is 4.75. The molecule has 0 atom stereocenters. The third-order valence-corrected chi connectivity index (χ3v) is 4.64. The Morgan fingerprint density at radius 3 is 2.48 bits per heavy atom. The van der Waals surface area contributed by atoms with E-state index in [1.54, 1.807) is 42.6 Å². The predicted molar refractivity (Wildman–Crippen MR) is 123 cm³/mol. The van der Waals surface area contributed by atoms with Crippen molar-refractivity contribution in [3.63, 3.8) is 0 Å². The van der Waals surface area contributed by atoms with Crippen LogP contribution in [0.25, 0.3) is 23.1 Å². The molecule has 0 saturated heterocycles. The van der Waals surface area contributed by atoms with Gasteiger partial charge in [0, 0.05) is 28.0 Å². The number of H-pyrrole nitrogens is 1. The van der Waals surface area contributed by atoms with Gasteiger partial charge in [0.2, 0.25) is 11.8 Å². The Labute approximate surface area is 183 Å². The van der Waals surface area contributed by atoms with E-state index in [9.17, 15) is 9.59 Å². The van der Waals surface area contributed by atoms with E-state index in [1.165, 1.54) is 0 Å². The first kappa shape index (κ1) is 20.3. The van der Waals surface area contributed by atoms with Crippen molar-refractivity contribution in [3.05, 3.63) is 83.3 Å². The molecule has 3 N–H and O–H groups in total. The van der Waals surface area contributed by atoms with Gasteiger partial charge in [-0.3, -0.25) is 19.7 Å². The van der Waals surface area contributed by atoms with Crippen molar-refractivity contribution in [2.75, 3.05) is 10.6 Å². The molecule has 8 heteroatoms. The van der Waals surface area contributed by atoms with Crippen LogP contribution in [0.3, 0.4) is 0 Å². The Kier molecular flexibility index (Phi) is 6.05. The fourth-order valence-electron chi connectivity index (χ4n) is 3.01. The number of pyridine rings is 1. The summed E-state index contributed by atoms with van der Waals surface area (Å²) in [5, 5.41) is 14.0. The largest absolute Gasteiger partial charge is 0.326 e. The summed E-state index contributed by atoms with van der Waals surface area (Å²) < 4.78 is 0. The highest BCUT2D eigenvalue weighted by molar-refractivity contribution is 6.30. The van der Waals surface area contributed by atoms with Gasteiger partial charge in [-0.2, -0.15) is 5.10 Å². The highest BCUT2D eigenvalue weighted by Gasteiger charge is 2.11. The number of benzene rings is 2. The summed E-state index contributed by atoms with van der Waals surface area (Å²) in [4.78, 5) is 28.6. The second-order valence-corrected chi connectivity index (χ2v) is 7.18. The van der Waals surface area contributed by atoms with Crippen LogP contribution in [-0.4, -0.2) is 27.0 Å². The minimum absolute atomic E-state index is 0.314. The minimum atomic E-state index is -0.427. The van der Waals surface area contributed by atoms with E-state index in [0.29, 0.717) is 16.4 Å². The van der Waals surface area contributed by atoms with Crippen LogP contribution in [-0.2, 0) is 9.59 Å². The normalized spacial score (nSPS) is 11.0. The summed E-state index contributed by atoms with van der Waals surface area (Å²) in [5.41, 5.74) is 3.47. The average molecular weight is 432 g/mol. The van der Waals surface area contributed by atoms with E-state index in [0.717, 1.165) is 22.3 Å². The van der Waals surface area contributed by atoms with Gasteiger partial charge in [0.05, 0.1) is 16.9 Å². The molecule has 2 amide bonds. The van der Waals surface area contributed by atoms with Crippen molar-refractivity contribution in [2.45, 2.75) is 6.42 Å². The Balaban J connectivity index is 1.39. The molecule has 0 fully saturated rings. The van der Waals surface area contributed by atoms with Gasteiger partial charge in [-0.15, -0.1) is 0 Å². The number of rotatable bonds is 6. The maximum Gasteiger partial charge on any atom is 0.233 e. The molecule has 0 aliphatic heterocycles. The zero-order valence-electron chi connectivity index (χ0n) is 16.3. The number of hydrogen-bond donors (Lipinski definition) is 3. The summed E-state index contributed by atoms with van der Waals surface area (Å²) in [6.45, 7) is 0. The number of nitrogens with one attached hydrogen (secondary N) is 3. The molecule has 2 heterocycles. The molecule has 4 aromatic rings. The lowest BCUT2D eigenvalue weighted by molar-refractivity contribution is -0.123. The maximum absolute atomic E-state index is 12.2. The fourth-order valence-corrected chi connectivity index (χ4v) is 3.20. The molecule has 0 radical (unpaired) electrons. The SMILES string of the molecule is O=C(CC(=O)Nc1ccc2c(/C=C/c3ccccn3)n[nH]c2c1)Nc1cccc(Cl)c1. The van der Waals surface area contributed by atoms with Crippen LogP contribution in [0.4, 0.5) is 11.4 Å². The van der Waals surface area contributed by atoms with E-state index < -0.39 is 11.8 Å². The number of fused-ring (bicyclic) bond motifs is 1. The molecule has 0 bridgehead atoms. The molecule has 2 aromatic carbocycles. The van der Waals surface area contributed by atoms with Gasteiger partial charge >= 0.3 is 0 Å². The van der Waals surface area contributed by atoms with Gasteiger partial charge in [0.25, 0.3) is 0 Å². The van der Waals surface area contributed by atoms with Gasteiger partial charge in [-0.05, 0) is 60.7 Å². The van der Waals surface area contributed by atoms with Gasteiger partial charge in [-0.25, -0.2) is 0 Å². The van der Waals surface area contributed by atoms with Gasteiger partial charge < -0.3 is 10.6 Å². The number of carbonyl (C=O) groups is 2. The van der Waals surface area contributed by atoms with Gasteiger partial charge in [0.15, 0.2) is 0 Å². The number of aromatic nitrogens is 3.